The summed E-state index contributed by atoms with van der Waals surface area (Å²) in [4.78, 5) is 7.90. The van der Waals surface area contributed by atoms with Gasteiger partial charge in [0.15, 0.2) is 0 Å². The fourth-order valence-corrected chi connectivity index (χ4v) is 3.37. The van der Waals surface area contributed by atoms with Crippen molar-refractivity contribution in [2.75, 3.05) is 0 Å². The molecule has 0 atom stereocenters. The van der Waals surface area contributed by atoms with Crippen LogP contribution in [0.1, 0.15) is 30.3 Å². The second kappa shape index (κ2) is 6.41. The van der Waals surface area contributed by atoms with E-state index in [9.17, 15) is 4.39 Å². The Balaban J connectivity index is 0.00000196. The normalized spacial score (nSPS) is 11.0. The van der Waals surface area contributed by atoms with Gasteiger partial charge in [-0.3, -0.25) is 0 Å². The molecule has 0 aliphatic heterocycles. The first-order chi connectivity index (χ1) is 11.9. The molecule has 0 saturated carbocycles. The van der Waals surface area contributed by atoms with Gasteiger partial charge in [0.25, 0.3) is 0 Å². The number of hydrogen-bond acceptors (Lipinski definition) is 3. The maximum Gasteiger partial charge on any atom is 0.141 e. The standard InChI is InChI=1S/C20H18FN3O.CH4/c1-10-5-6-15(21)9-16(10)17-7-14(19-11(2)24-25-12(19)3)8-18-20(17)23-13(4)22-18;/h5-9H,1-4H3,(H,22,23);1H4. The third kappa shape index (κ3) is 2.79. The van der Waals surface area contributed by atoms with Crippen LogP contribution in [0.3, 0.4) is 0 Å². The van der Waals surface area contributed by atoms with E-state index >= 15 is 0 Å². The Labute approximate surface area is 152 Å². The van der Waals surface area contributed by atoms with E-state index in [2.05, 4.69) is 15.1 Å². The van der Waals surface area contributed by atoms with Crippen LogP contribution in [-0.4, -0.2) is 15.1 Å². The third-order valence-corrected chi connectivity index (χ3v) is 4.52. The SMILES string of the molecule is C.Cc1nc2c(-c3cc(F)ccc3C)cc(-c3c(C)noc3C)cc2[nH]1. The van der Waals surface area contributed by atoms with E-state index in [1.54, 1.807) is 12.1 Å². The van der Waals surface area contributed by atoms with Crippen LogP contribution >= 0.6 is 0 Å². The molecule has 2 aromatic heterocycles. The fraction of sp³-hybridized carbons (Fsp3) is 0.238. The van der Waals surface area contributed by atoms with E-state index < -0.39 is 0 Å². The number of hydrogen-bond donors (Lipinski definition) is 1. The Kier molecular flexibility index (Phi) is 4.40. The number of fused-ring (bicyclic) bond motifs is 1. The molecule has 0 unspecified atom stereocenters. The number of H-pyrrole nitrogens is 1. The average molecular weight is 351 g/mol. The van der Waals surface area contributed by atoms with E-state index in [4.69, 9.17) is 4.52 Å². The summed E-state index contributed by atoms with van der Waals surface area (Å²) in [6.07, 6.45) is 0. The van der Waals surface area contributed by atoms with Crippen LogP contribution in [0.15, 0.2) is 34.9 Å². The van der Waals surface area contributed by atoms with Crippen LogP contribution in [0.25, 0.3) is 33.3 Å². The van der Waals surface area contributed by atoms with Crippen LogP contribution in [0.4, 0.5) is 4.39 Å². The molecule has 4 rings (SSSR count). The second-order valence-electron chi connectivity index (χ2n) is 6.40. The van der Waals surface area contributed by atoms with Gasteiger partial charge in [0.1, 0.15) is 17.4 Å². The highest BCUT2D eigenvalue weighted by atomic mass is 19.1. The average Bonchev–Trinajstić information content (AvgIpc) is 3.10. The van der Waals surface area contributed by atoms with E-state index in [0.717, 1.165) is 56.1 Å². The summed E-state index contributed by atoms with van der Waals surface area (Å²) < 4.78 is 19.2. The van der Waals surface area contributed by atoms with Gasteiger partial charge in [-0.05, 0) is 68.7 Å². The number of aryl methyl sites for hydroxylation is 4. The first-order valence-corrected chi connectivity index (χ1v) is 8.14. The van der Waals surface area contributed by atoms with Crippen molar-refractivity contribution in [1.82, 2.24) is 15.1 Å². The number of aromatic amines is 1. The van der Waals surface area contributed by atoms with Gasteiger partial charge in [0, 0.05) is 11.1 Å². The van der Waals surface area contributed by atoms with E-state index in [1.165, 1.54) is 6.07 Å². The Morgan fingerprint density at radius 1 is 1.00 bits per heavy atom. The lowest BCUT2D eigenvalue weighted by atomic mass is 9.94. The molecule has 4 nitrogen and oxygen atoms in total. The summed E-state index contributed by atoms with van der Waals surface area (Å²) in [5, 5.41) is 4.05. The topological polar surface area (TPSA) is 54.7 Å². The van der Waals surface area contributed by atoms with Gasteiger partial charge < -0.3 is 9.51 Å². The number of aromatic nitrogens is 3. The monoisotopic (exact) mass is 351 g/mol. The minimum atomic E-state index is -0.260. The summed E-state index contributed by atoms with van der Waals surface area (Å²) in [5.74, 6) is 1.32. The molecule has 2 heterocycles. The molecule has 5 heteroatoms. The number of nitrogens with zero attached hydrogens (tertiary/aromatic N) is 2. The van der Waals surface area contributed by atoms with Crippen LogP contribution in [0.5, 0.6) is 0 Å². The van der Waals surface area contributed by atoms with Crippen LogP contribution in [0, 0.1) is 33.5 Å². The highest BCUT2D eigenvalue weighted by Crippen LogP contribution is 2.36. The molecule has 0 bridgehead atoms. The Hall–Kier alpha value is -2.95. The molecule has 0 spiro atoms. The molecule has 0 amide bonds. The van der Waals surface area contributed by atoms with Gasteiger partial charge in [-0.1, -0.05) is 18.6 Å². The Morgan fingerprint density at radius 3 is 2.46 bits per heavy atom. The highest BCUT2D eigenvalue weighted by Gasteiger charge is 2.17. The summed E-state index contributed by atoms with van der Waals surface area (Å²) in [7, 11) is 0. The van der Waals surface area contributed by atoms with Crippen molar-refractivity contribution in [2.45, 2.75) is 35.1 Å². The summed E-state index contributed by atoms with van der Waals surface area (Å²) >= 11 is 0. The van der Waals surface area contributed by atoms with Crippen LogP contribution in [-0.2, 0) is 0 Å². The van der Waals surface area contributed by atoms with Crippen LogP contribution < -0.4 is 0 Å². The molecular weight excluding hydrogens is 329 g/mol. The van der Waals surface area contributed by atoms with Crippen molar-refractivity contribution in [3.63, 3.8) is 0 Å². The van der Waals surface area contributed by atoms with E-state index in [1.807, 2.05) is 39.8 Å². The largest absolute Gasteiger partial charge is 0.361 e. The number of benzene rings is 2. The lowest BCUT2D eigenvalue weighted by Gasteiger charge is -2.10. The molecule has 134 valence electrons. The van der Waals surface area contributed by atoms with Crippen molar-refractivity contribution in [3.8, 4) is 22.3 Å². The number of imidazole rings is 1. The zero-order chi connectivity index (χ0) is 17.7. The lowest BCUT2D eigenvalue weighted by molar-refractivity contribution is 0.393. The van der Waals surface area contributed by atoms with Gasteiger partial charge in [0.05, 0.1) is 16.7 Å². The minimum absolute atomic E-state index is 0. The minimum Gasteiger partial charge on any atom is -0.361 e. The molecule has 0 saturated heterocycles. The van der Waals surface area contributed by atoms with E-state index in [-0.39, 0.29) is 13.2 Å². The first kappa shape index (κ1) is 17.9. The van der Waals surface area contributed by atoms with Gasteiger partial charge in [-0.25, -0.2) is 9.37 Å². The van der Waals surface area contributed by atoms with Gasteiger partial charge in [-0.15, -0.1) is 0 Å². The molecule has 0 aliphatic carbocycles. The van der Waals surface area contributed by atoms with Crippen molar-refractivity contribution < 1.29 is 8.91 Å². The maximum absolute atomic E-state index is 13.9. The summed E-state index contributed by atoms with van der Waals surface area (Å²) in [5.41, 5.74) is 7.25. The molecule has 0 radical (unpaired) electrons. The van der Waals surface area contributed by atoms with Crippen molar-refractivity contribution in [2.24, 2.45) is 0 Å². The molecular formula is C21H22FN3O. The fourth-order valence-electron chi connectivity index (χ4n) is 3.37. The zero-order valence-electron chi connectivity index (χ0n) is 14.6. The first-order valence-electron chi connectivity index (χ1n) is 8.14. The molecule has 2 aromatic carbocycles. The van der Waals surface area contributed by atoms with E-state index in [0.29, 0.717) is 0 Å². The Morgan fingerprint density at radius 2 is 1.77 bits per heavy atom. The highest BCUT2D eigenvalue weighted by molar-refractivity contribution is 5.97. The van der Waals surface area contributed by atoms with Gasteiger partial charge in [-0.2, -0.15) is 0 Å². The summed E-state index contributed by atoms with van der Waals surface area (Å²) in [6.45, 7) is 7.70. The Bertz CT molecular complexity index is 1090. The predicted octanol–water partition coefficient (Wildman–Crippen LogP) is 5.89. The predicted molar refractivity (Wildman–Crippen MR) is 103 cm³/mol. The van der Waals surface area contributed by atoms with Crippen molar-refractivity contribution in [1.29, 1.82) is 0 Å². The lowest BCUT2D eigenvalue weighted by Crippen LogP contribution is -1.90. The van der Waals surface area contributed by atoms with Crippen molar-refractivity contribution in [3.05, 3.63) is 59.0 Å². The number of halogens is 1. The molecule has 0 fully saturated rings. The molecule has 1 N–H and O–H groups in total. The molecule has 0 aliphatic rings. The number of nitrogens with one attached hydrogen (secondary N) is 1. The molecule has 26 heavy (non-hydrogen) atoms. The third-order valence-electron chi connectivity index (χ3n) is 4.52. The molecule has 4 aromatic rings. The quantitative estimate of drug-likeness (QED) is 0.489. The maximum atomic E-state index is 13.9. The van der Waals surface area contributed by atoms with Crippen LogP contribution in [0.2, 0.25) is 0 Å². The smallest absolute Gasteiger partial charge is 0.141 e. The number of rotatable bonds is 2. The van der Waals surface area contributed by atoms with Gasteiger partial charge >= 0.3 is 0 Å². The second-order valence-corrected chi connectivity index (χ2v) is 6.40. The van der Waals surface area contributed by atoms with Crippen molar-refractivity contribution >= 4 is 11.0 Å². The summed E-state index contributed by atoms with van der Waals surface area (Å²) in [6, 6.07) is 8.91. The van der Waals surface area contributed by atoms with Gasteiger partial charge in [0.2, 0.25) is 0 Å². The zero-order valence-corrected chi connectivity index (χ0v) is 14.6.